The molecule has 25 heavy (non-hydrogen) atoms. The lowest BCUT2D eigenvalue weighted by Crippen LogP contribution is -2.56. The van der Waals surface area contributed by atoms with Gasteiger partial charge in [-0.1, -0.05) is 37.6 Å². The highest BCUT2D eigenvalue weighted by Gasteiger charge is 2.49. The average Bonchev–Trinajstić information content (AvgIpc) is 2.60. The maximum absolute atomic E-state index is 11.5. The fourth-order valence-electron chi connectivity index (χ4n) is 4.48. The average molecular weight is 344 g/mol. The fraction of sp³-hybridized carbons (Fsp3) is 0.550. The van der Waals surface area contributed by atoms with Crippen LogP contribution in [0.5, 0.6) is 5.75 Å². The second-order valence-corrected chi connectivity index (χ2v) is 7.26. The van der Waals surface area contributed by atoms with E-state index in [9.17, 15) is 9.90 Å². The number of primary amides is 1. The molecule has 0 spiro atoms. The van der Waals surface area contributed by atoms with Crippen LogP contribution in [-0.2, 0) is 4.79 Å². The standard InChI is InChI=1S/C20H28N2O3/c1-2-13-25-16-8-6-15(7-9-16)19-17-5-3-4-10-20(17,24)11-12-22(19)14-18(21)23/h2,6-9,17,19,24H,1,3-5,10-14H2,(H2,21,23)/t17-,19+,20+/m0/s1. The highest BCUT2D eigenvalue weighted by Crippen LogP contribution is 2.49. The summed E-state index contributed by atoms with van der Waals surface area (Å²) in [5.74, 6) is 0.603. The fourth-order valence-corrected chi connectivity index (χ4v) is 4.48. The molecule has 1 aliphatic carbocycles. The number of fused-ring (bicyclic) bond motifs is 1. The number of nitrogens with zero attached hydrogens (tertiary/aromatic N) is 1. The lowest BCUT2D eigenvalue weighted by Gasteiger charge is -2.52. The summed E-state index contributed by atoms with van der Waals surface area (Å²) in [6.07, 6.45) is 6.44. The van der Waals surface area contributed by atoms with Gasteiger partial charge in [-0.2, -0.15) is 0 Å². The lowest BCUT2D eigenvalue weighted by molar-refractivity contribution is -0.136. The van der Waals surface area contributed by atoms with Crippen LogP contribution in [-0.4, -0.2) is 41.2 Å². The Bertz CT molecular complexity index is 616. The number of likely N-dealkylation sites (tertiary alicyclic amines) is 1. The number of piperidine rings is 1. The van der Waals surface area contributed by atoms with E-state index >= 15 is 0 Å². The summed E-state index contributed by atoms with van der Waals surface area (Å²) in [5, 5.41) is 11.2. The summed E-state index contributed by atoms with van der Waals surface area (Å²) in [6.45, 7) is 5.04. The number of benzene rings is 1. The number of aliphatic hydroxyl groups is 1. The number of carbonyl (C=O) groups excluding carboxylic acids is 1. The summed E-state index contributed by atoms with van der Waals surface area (Å²) >= 11 is 0. The first-order valence-corrected chi connectivity index (χ1v) is 9.12. The molecule has 1 saturated carbocycles. The molecule has 2 fully saturated rings. The Kier molecular flexibility index (Phi) is 5.45. The van der Waals surface area contributed by atoms with Crippen LogP contribution in [0, 0.1) is 5.92 Å². The molecule has 3 rings (SSSR count). The number of rotatable bonds is 6. The molecule has 0 aromatic heterocycles. The van der Waals surface area contributed by atoms with E-state index in [0.717, 1.165) is 37.0 Å². The van der Waals surface area contributed by atoms with Gasteiger partial charge in [-0.15, -0.1) is 0 Å². The van der Waals surface area contributed by atoms with Crippen molar-refractivity contribution in [1.29, 1.82) is 0 Å². The molecule has 136 valence electrons. The molecule has 1 aliphatic heterocycles. The van der Waals surface area contributed by atoms with E-state index in [2.05, 4.69) is 11.5 Å². The Morgan fingerprint density at radius 1 is 1.36 bits per heavy atom. The van der Waals surface area contributed by atoms with Gasteiger partial charge in [0.1, 0.15) is 12.4 Å². The quantitative estimate of drug-likeness (QED) is 0.777. The van der Waals surface area contributed by atoms with Gasteiger partial charge in [0.15, 0.2) is 0 Å². The Balaban J connectivity index is 1.88. The summed E-state index contributed by atoms with van der Waals surface area (Å²) < 4.78 is 5.56. The predicted octanol–water partition coefficient (Wildman–Crippen LogP) is 2.40. The molecule has 1 aromatic rings. The van der Waals surface area contributed by atoms with Crippen molar-refractivity contribution in [3.8, 4) is 5.75 Å². The van der Waals surface area contributed by atoms with Gasteiger partial charge in [-0.25, -0.2) is 0 Å². The first kappa shape index (κ1) is 18.0. The minimum absolute atomic E-state index is 0.0139. The second-order valence-electron chi connectivity index (χ2n) is 7.26. The first-order valence-electron chi connectivity index (χ1n) is 9.12. The molecule has 0 bridgehead atoms. The molecule has 0 unspecified atom stereocenters. The summed E-state index contributed by atoms with van der Waals surface area (Å²) in [5.41, 5.74) is 5.95. The van der Waals surface area contributed by atoms with Crippen LogP contribution < -0.4 is 10.5 Å². The van der Waals surface area contributed by atoms with Gasteiger partial charge in [-0.05, 0) is 37.0 Å². The molecule has 1 aromatic carbocycles. The third-order valence-electron chi connectivity index (χ3n) is 5.62. The first-order chi connectivity index (χ1) is 12.0. The van der Waals surface area contributed by atoms with E-state index in [-0.39, 0.29) is 24.4 Å². The van der Waals surface area contributed by atoms with E-state index in [0.29, 0.717) is 19.6 Å². The van der Waals surface area contributed by atoms with Crippen LogP contribution in [0.3, 0.4) is 0 Å². The van der Waals surface area contributed by atoms with Crippen molar-refractivity contribution in [2.45, 2.75) is 43.7 Å². The van der Waals surface area contributed by atoms with E-state index < -0.39 is 5.60 Å². The summed E-state index contributed by atoms with van der Waals surface area (Å²) in [7, 11) is 0. The van der Waals surface area contributed by atoms with Crippen molar-refractivity contribution in [1.82, 2.24) is 4.90 Å². The van der Waals surface area contributed by atoms with Crippen molar-refractivity contribution in [3.63, 3.8) is 0 Å². The Hall–Kier alpha value is -1.85. The third-order valence-corrected chi connectivity index (χ3v) is 5.62. The minimum Gasteiger partial charge on any atom is -0.490 e. The molecule has 1 saturated heterocycles. The number of carbonyl (C=O) groups is 1. The van der Waals surface area contributed by atoms with Crippen LogP contribution in [0.25, 0.3) is 0 Å². The van der Waals surface area contributed by atoms with Crippen molar-refractivity contribution in [2.75, 3.05) is 19.7 Å². The van der Waals surface area contributed by atoms with Gasteiger partial charge in [0.05, 0.1) is 12.1 Å². The van der Waals surface area contributed by atoms with Crippen LogP contribution >= 0.6 is 0 Å². The number of amides is 1. The Labute approximate surface area is 149 Å². The number of hydrogen-bond donors (Lipinski definition) is 2. The number of hydrogen-bond acceptors (Lipinski definition) is 4. The number of ether oxygens (including phenoxy) is 1. The maximum Gasteiger partial charge on any atom is 0.231 e. The summed E-state index contributed by atoms with van der Waals surface area (Å²) in [6, 6.07) is 7.98. The second kappa shape index (κ2) is 7.58. The molecular weight excluding hydrogens is 316 g/mol. The zero-order valence-corrected chi connectivity index (χ0v) is 14.7. The predicted molar refractivity (Wildman–Crippen MR) is 97.2 cm³/mol. The molecule has 1 heterocycles. The molecule has 0 radical (unpaired) electrons. The topological polar surface area (TPSA) is 75.8 Å². The van der Waals surface area contributed by atoms with Crippen LogP contribution in [0.2, 0.25) is 0 Å². The van der Waals surface area contributed by atoms with Crippen molar-refractivity contribution < 1.29 is 14.6 Å². The van der Waals surface area contributed by atoms with E-state index in [1.807, 2.05) is 24.3 Å². The van der Waals surface area contributed by atoms with Crippen molar-refractivity contribution >= 4 is 5.91 Å². The zero-order valence-electron chi connectivity index (χ0n) is 14.7. The zero-order chi connectivity index (χ0) is 17.9. The molecule has 5 heteroatoms. The molecule has 5 nitrogen and oxygen atoms in total. The number of nitrogens with two attached hydrogens (primary N) is 1. The Morgan fingerprint density at radius 2 is 2.12 bits per heavy atom. The van der Waals surface area contributed by atoms with E-state index in [1.165, 1.54) is 0 Å². The molecule has 3 atom stereocenters. The van der Waals surface area contributed by atoms with E-state index in [1.54, 1.807) is 6.08 Å². The SMILES string of the molecule is C=CCOc1ccc([C@@H]2[C@@H]3CCCC[C@@]3(O)CCN2CC(N)=O)cc1. The third kappa shape index (κ3) is 3.88. The lowest BCUT2D eigenvalue weighted by atomic mass is 9.66. The van der Waals surface area contributed by atoms with E-state index in [4.69, 9.17) is 10.5 Å². The molecule has 2 aliphatic rings. The van der Waals surface area contributed by atoms with Crippen LogP contribution in [0.1, 0.15) is 43.7 Å². The molecular formula is C20H28N2O3. The minimum atomic E-state index is -0.630. The highest BCUT2D eigenvalue weighted by molar-refractivity contribution is 5.76. The van der Waals surface area contributed by atoms with Crippen LogP contribution in [0.15, 0.2) is 36.9 Å². The largest absolute Gasteiger partial charge is 0.490 e. The normalized spacial score (nSPS) is 29.6. The Morgan fingerprint density at radius 3 is 2.80 bits per heavy atom. The molecule has 1 amide bonds. The molecule has 3 N–H and O–H groups in total. The smallest absolute Gasteiger partial charge is 0.231 e. The van der Waals surface area contributed by atoms with Gasteiger partial charge >= 0.3 is 0 Å². The van der Waals surface area contributed by atoms with Crippen LogP contribution in [0.4, 0.5) is 0 Å². The van der Waals surface area contributed by atoms with Gasteiger partial charge in [-0.3, -0.25) is 9.69 Å². The summed E-state index contributed by atoms with van der Waals surface area (Å²) in [4.78, 5) is 13.7. The maximum atomic E-state index is 11.5. The highest BCUT2D eigenvalue weighted by atomic mass is 16.5. The van der Waals surface area contributed by atoms with Gasteiger partial charge in [0, 0.05) is 18.5 Å². The van der Waals surface area contributed by atoms with Gasteiger partial charge in [0.2, 0.25) is 5.91 Å². The monoisotopic (exact) mass is 344 g/mol. The van der Waals surface area contributed by atoms with Gasteiger partial charge in [0.25, 0.3) is 0 Å². The van der Waals surface area contributed by atoms with Crippen molar-refractivity contribution in [3.05, 3.63) is 42.5 Å². The van der Waals surface area contributed by atoms with Crippen molar-refractivity contribution in [2.24, 2.45) is 11.7 Å². The van der Waals surface area contributed by atoms with Gasteiger partial charge < -0.3 is 15.6 Å².